The Kier molecular flexibility index (Phi) is 4.66. The lowest BCUT2D eigenvalue weighted by molar-refractivity contribution is -0.133. The third kappa shape index (κ3) is 3.13. The molecule has 0 radical (unpaired) electrons. The highest BCUT2D eigenvalue weighted by molar-refractivity contribution is 9.10. The number of nitrogens with zero attached hydrogens (tertiary/aromatic N) is 2. The molecule has 20 heavy (non-hydrogen) atoms. The van der Waals surface area contributed by atoms with Crippen LogP contribution in [-0.2, 0) is 11.2 Å². The first-order valence-corrected chi connectivity index (χ1v) is 7.61. The Hall–Kier alpha value is -1.54. The van der Waals surface area contributed by atoms with Gasteiger partial charge in [-0.15, -0.1) is 5.10 Å². The Morgan fingerprint density at radius 2 is 2.30 bits per heavy atom. The Balaban J connectivity index is 2.49. The number of benzene rings is 1. The van der Waals surface area contributed by atoms with Crippen LogP contribution < -0.4 is 5.69 Å². The van der Waals surface area contributed by atoms with Crippen LogP contribution in [0.3, 0.4) is 0 Å². The van der Waals surface area contributed by atoms with Crippen molar-refractivity contribution in [3.8, 4) is 5.69 Å². The number of hydrogen-bond acceptors (Lipinski definition) is 4. The molecule has 0 amide bonds. The highest BCUT2D eigenvalue weighted by Gasteiger charge is 2.15. The molecular formula is C12H12BrN3O3S. The fraction of sp³-hybridized carbons (Fsp3) is 0.250. The van der Waals surface area contributed by atoms with Gasteiger partial charge >= 0.3 is 11.7 Å². The smallest absolute Gasteiger partial charge is 0.348 e. The Morgan fingerprint density at radius 3 is 2.95 bits per heavy atom. The number of carbonyl (C=O) groups is 1. The third-order valence-corrected chi connectivity index (χ3v) is 4.05. The van der Waals surface area contributed by atoms with Crippen molar-refractivity contribution in [1.29, 1.82) is 0 Å². The maximum Gasteiger partial charge on any atom is 0.348 e. The number of aromatic nitrogens is 3. The van der Waals surface area contributed by atoms with Gasteiger partial charge in [-0.1, -0.05) is 34.6 Å². The van der Waals surface area contributed by atoms with E-state index in [0.717, 1.165) is 28.2 Å². The molecule has 0 fully saturated rings. The number of hydrogen-bond donors (Lipinski definition) is 2. The molecule has 8 heteroatoms. The number of aromatic amines is 1. The van der Waals surface area contributed by atoms with Gasteiger partial charge in [0.2, 0.25) is 0 Å². The first-order chi connectivity index (χ1) is 9.52. The zero-order valence-corrected chi connectivity index (χ0v) is 13.0. The molecule has 2 aromatic rings. The van der Waals surface area contributed by atoms with E-state index in [1.807, 2.05) is 25.1 Å². The average Bonchev–Trinajstić information content (AvgIpc) is 2.77. The number of nitrogens with one attached hydrogen (secondary N) is 1. The van der Waals surface area contributed by atoms with Crippen LogP contribution in [-0.4, -0.2) is 31.6 Å². The average molecular weight is 358 g/mol. The van der Waals surface area contributed by atoms with Gasteiger partial charge in [-0.25, -0.2) is 14.5 Å². The molecule has 1 aromatic carbocycles. The molecule has 0 spiro atoms. The summed E-state index contributed by atoms with van der Waals surface area (Å²) in [4.78, 5) is 22.6. The van der Waals surface area contributed by atoms with Crippen LogP contribution in [0.25, 0.3) is 5.69 Å². The van der Waals surface area contributed by atoms with Crippen molar-refractivity contribution in [3.05, 3.63) is 38.7 Å². The normalized spacial score (nSPS) is 10.7. The molecule has 1 heterocycles. The van der Waals surface area contributed by atoms with E-state index in [2.05, 4.69) is 26.1 Å². The van der Waals surface area contributed by atoms with Gasteiger partial charge in [0.05, 0.1) is 11.4 Å². The van der Waals surface area contributed by atoms with Crippen molar-refractivity contribution in [2.24, 2.45) is 0 Å². The van der Waals surface area contributed by atoms with Crippen LogP contribution in [0, 0.1) is 0 Å². The maximum atomic E-state index is 11.9. The fourth-order valence-corrected chi connectivity index (χ4v) is 2.86. The summed E-state index contributed by atoms with van der Waals surface area (Å²) in [6.07, 6.45) is 0.745. The molecule has 0 aliphatic rings. The van der Waals surface area contributed by atoms with E-state index in [4.69, 9.17) is 5.11 Å². The van der Waals surface area contributed by atoms with Crippen molar-refractivity contribution in [3.63, 3.8) is 0 Å². The van der Waals surface area contributed by atoms with Gasteiger partial charge in [-0.05, 0) is 30.2 Å². The molecular weight excluding hydrogens is 346 g/mol. The summed E-state index contributed by atoms with van der Waals surface area (Å²) in [5.41, 5.74) is 1.30. The van der Waals surface area contributed by atoms with Crippen LogP contribution in [0.5, 0.6) is 0 Å². The van der Waals surface area contributed by atoms with E-state index < -0.39 is 5.97 Å². The van der Waals surface area contributed by atoms with Crippen LogP contribution in [0.15, 0.2) is 32.6 Å². The number of aryl methyl sites for hydroxylation is 1. The van der Waals surface area contributed by atoms with E-state index in [9.17, 15) is 9.59 Å². The molecule has 6 nitrogen and oxygen atoms in total. The van der Waals surface area contributed by atoms with Crippen LogP contribution >= 0.6 is 27.7 Å². The summed E-state index contributed by atoms with van der Waals surface area (Å²) < 4.78 is 2.33. The lowest BCUT2D eigenvalue weighted by Crippen LogP contribution is -2.17. The van der Waals surface area contributed by atoms with Crippen molar-refractivity contribution in [1.82, 2.24) is 14.8 Å². The third-order valence-electron chi connectivity index (χ3n) is 2.63. The molecule has 0 aliphatic heterocycles. The predicted molar refractivity (Wildman–Crippen MR) is 79.6 cm³/mol. The number of carboxylic acid groups (broad SMARTS) is 1. The molecule has 1 aromatic heterocycles. The van der Waals surface area contributed by atoms with Crippen molar-refractivity contribution in [2.45, 2.75) is 18.5 Å². The minimum Gasteiger partial charge on any atom is -0.481 e. The molecule has 0 unspecified atom stereocenters. The van der Waals surface area contributed by atoms with E-state index in [1.54, 1.807) is 0 Å². The van der Waals surface area contributed by atoms with Gasteiger partial charge in [-0.2, -0.15) is 0 Å². The molecule has 0 atom stereocenters. The Labute approximate surface area is 127 Å². The second-order valence-corrected chi connectivity index (χ2v) is 5.81. The summed E-state index contributed by atoms with van der Waals surface area (Å²) in [5.74, 6) is -1.11. The summed E-state index contributed by atoms with van der Waals surface area (Å²) in [6, 6.07) is 5.57. The molecule has 106 valence electrons. The van der Waals surface area contributed by atoms with Gasteiger partial charge in [-0.3, -0.25) is 4.79 Å². The number of H-pyrrole nitrogens is 1. The number of carboxylic acids is 1. The minimum atomic E-state index is -0.955. The van der Waals surface area contributed by atoms with Gasteiger partial charge in [0.15, 0.2) is 5.16 Å². The van der Waals surface area contributed by atoms with E-state index in [0.29, 0.717) is 10.8 Å². The first kappa shape index (κ1) is 14.9. The number of thioether (sulfide) groups is 1. The highest BCUT2D eigenvalue weighted by Crippen LogP contribution is 2.23. The Bertz CT molecular complexity index is 695. The second kappa shape index (κ2) is 6.27. The molecule has 0 saturated carbocycles. The van der Waals surface area contributed by atoms with Crippen LogP contribution in [0.2, 0.25) is 0 Å². The van der Waals surface area contributed by atoms with E-state index in [-0.39, 0.29) is 11.4 Å². The molecule has 2 N–H and O–H groups in total. The van der Waals surface area contributed by atoms with Crippen LogP contribution in [0.4, 0.5) is 0 Å². The zero-order valence-electron chi connectivity index (χ0n) is 10.6. The van der Waals surface area contributed by atoms with Crippen molar-refractivity contribution < 1.29 is 9.90 Å². The van der Waals surface area contributed by atoms with Gasteiger partial charge in [0.25, 0.3) is 0 Å². The molecule has 2 rings (SSSR count). The molecule has 0 aliphatic carbocycles. The topological polar surface area (TPSA) is 88.0 Å². The second-order valence-electron chi connectivity index (χ2n) is 3.96. The number of halogens is 1. The zero-order chi connectivity index (χ0) is 14.7. The maximum absolute atomic E-state index is 11.9. The lowest BCUT2D eigenvalue weighted by Gasteiger charge is -2.10. The number of aliphatic carboxylic acids is 1. The Morgan fingerprint density at radius 1 is 1.55 bits per heavy atom. The van der Waals surface area contributed by atoms with Crippen LogP contribution in [0.1, 0.15) is 12.5 Å². The monoisotopic (exact) mass is 357 g/mol. The summed E-state index contributed by atoms with van der Waals surface area (Å²) in [5, 5.41) is 15.3. The van der Waals surface area contributed by atoms with Gasteiger partial charge in [0, 0.05) is 4.47 Å². The summed E-state index contributed by atoms with van der Waals surface area (Å²) in [6.45, 7) is 1.99. The molecule has 0 saturated heterocycles. The SMILES string of the molecule is CCc1cc(Br)ccc1-n1c(SCC(=O)O)n[nH]c1=O. The largest absolute Gasteiger partial charge is 0.481 e. The summed E-state index contributed by atoms with van der Waals surface area (Å²) >= 11 is 4.40. The van der Waals surface area contributed by atoms with Crippen molar-refractivity contribution in [2.75, 3.05) is 5.75 Å². The first-order valence-electron chi connectivity index (χ1n) is 5.83. The minimum absolute atomic E-state index is 0.151. The standard InChI is InChI=1S/C12H12BrN3O3S/c1-2-7-5-8(13)3-4-9(7)16-11(19)14-15-12(16)20-6-10(17)18/h3-5H,2,6H2,1H3,(H,14,19)(H,17,18). The van der Waals surface area contributed by atoms with E-state index >= 15 is 0 Å². The van der Waals surface area contributed by atoms with E-state index in [1.165, 1.54) is 4.57 Å². The number of rotatable bonds is 5. The van der Waals surface area contributed by atoms with Crippen molar-refractivity contribution >= 4 is 33.7 Å². The quantitative estimate of drug-likeness (QED) is 0.799. The predicted octanol–water partition coefficient (Wildman–Crippen LogP) is 2.06. The van der Waals surface area contributed by atoms with Gasteiger partial charge < -0.3 is 5.11 Å². The summed E-state index contributed by atoms with van der Waals surface area (Å²) in [7, 11) is 0. The lowest BCUT2D eigenvalue weighted by atomic mass is 10.1. The van der Waals surface area contributed by atoms with Gasteiger partial charge in [0.1, 0.15) is 0 Å². The fourth-order valence-electron chi connectivity index (χ4n) is 1.77. The molecule has 0 bridgehead atoms. The highest BCUT2D eigenvalue weighted by atomic mass is 79.9.